The molecule has 3 nitrogen and oxygen atoms in total. The van der Waals surface area contributed by atoms with Crippen molar-refractivity contribution in [1.82, 2.24) is 5.32 Å². The Hall–Kier alpha value is -0.870. The van der Waals surface area contributed by atoms with Gasteiger partial charge in [-0.3, -0.25) is 4.79 Å². The maximum Gasteiger partial charge on any atom is 0.249 e. The molecule has 0 aliphatic heterocycles. The monoisotopic (exact) mass is 199 g/mol. The van der Waals surface area contributed by atoms with E-state index in [2.05, 4.69) is 5.32 Å². The molecular formula is C9H13NO2S. The highest BCUT2D eigenvalue weighted by atomic mass is 32.1. The van der Waals surface area contributed by atoms with E-state index in [-0.39, 0.29) is 11.9 Å². The minimum atomic E-state index is -0.943. The smallest absolute Gasteiger partial charge is 0.249 e. The Bertz CT molecular complexity index is 269. The van der Waals surface area contributed by atoms with Gasteiger partial charge in [0.2, 0.25) is 5.91 Å². The zero-order valence-electron chi connectivity index (χ0n) is 7.65. The van der Waals surface area contributed by atoms with Crippen molar-refractivity contribution < 1.29 is 9.90 Å². The minimum Gasteiger partial charge on any atom is -0.384 e. The molecule has 1 amide bonds. The highest BCUT2D eigenvalue weighted by Crippen LogP contribution is 2.15. The lowest BCUT2D eigenvalue weighted by molar-refractivity contribution is -0.129. The Morgan fingerprint density at radius 3 is 2.77 bits per heavy atom. The molecule has 1 heterocycles. The van der Waals surface area contributed by atoms with Gasteiger partial charge in [-0.25, -0.2) is 0 Å². The third-order valence-corrected chi connectivity index (χ3v) is 2.48. The maximum atomic E-state index is 11.1. The van der Waals surface area contributed by atoms with Crippen molar-refractivity contribution in [2.75, 3.05) is 0 Å². The van der Waals surface area contributed by atoms with E-state index in [1.54, 1.807) is 11.3 Å². The van der Waals surface area contributed by atoms with Gasteiger partial charge in [0.1, 0.15) is 6.10 Å². The number of hydrogen-bond acceptors (Lipinski definition) is 3. The van der Waals surface area contributed by atoms with Crippen molar-refractivity contribution in [3.63, 3.8) is 0 Å². The van der Waals surface area contributed by atoms with Crippen molar-refractivity contribution in [3.8, 4) is 0 Å². The fourth-order valence-electron chi connectivity index (χ4n) is 0.939. The molecule has 0 spiro atoms. The van der Waals surface area contributed by atoms with Crippen molar-refractivity contribution in [2.24, 2.45) is 0 Å². The quantitative estimate of drug-likeness (QED) is 0.771. The van der Waals surface area contributed by atoms with E-state index in [0.29, 0.717) is 0 Å². The number of carbonyl (C=O) groups excluding carboxylic acids is 1. The maximum absolute atomic E-state index is 11.1. The van der Waals surface area contributed by atoms with E-state index < -0.39 is 6.10 Å². The lowest BCUT2D eigenvalue weighted by Crippen LogP contribution is -2.34. The number of aliphatic hydroxyl groups excluding tert-OH is 1. The third-order valence-electron chi connectivity index (χ3n) is 1.78. The van der Waals surface area contributed by atoms with E-state index in [0.717, 1.165) is 5.56 Å². The molecule has 0 fully saturated rings. The van der Waals surface area contributed by atoms with Gasteiger partial charge in [0.25, 0.3) is 0 Å². The van der Waals surface area contributed by atoms with Gasteiger partial charge >= 0.3 is 0 Å². The SMILES string of the molecule is CC(NC(=O)[C@H](C)O)c1ccsc1. The van der Waals surface area contributed by atoms with Crippen LogP contribution < -0.4 is 5.32 Å². The average Bonchev–Trinajstić information content (AvgIpc) is 2.55. The van der Waals surface area contributed by atoms with Gasteiger partial charge < -0.3 is 10.4 Å². The first-order chi connectivity index (χ1) is 6.11. The number of aliphatic hydroxyl groups is 1. The lowest BCUT2D eigenvalue weighted by atomic mass is 10.2. The third kappa shape index (κ3) is 2.82. The molecule has 13 heavy (non-hydrogen) atoms. The average molecular weight is 199 g/mol. The Labute approximate surface area is 81.4 Å². The van der Waals surface area contributed by atoms with Crippen molar-refractivity contribution in [2.45, 2.75) is 26.0 Å². The summed E-state index contributed by atoms with van der Waals surface area (Å²) < 4.78 is 0. The molecule has 1 aromatic heterocycles. The summed E-state index contributed by atoms with van der Waals surface area (Å²) in [7, 11) is 0. The summed E-state index contributed by atoms with van der Waals surface area (Å²) >= 11 is 1.59. The molecule has 1 unspecified atom stereocenters. The standard InChI is InChI=1S/C9H13NO2S/c1-6(8-3-4-13-5-8)10-9(12)7(2)11/h3-7,11H,1-2H3,(H,10,12)/t6?,7-/m0/s1. The summed E-state index contributed by atoms with van der Waals surface area (Å²) in [6, 6.07) is 1.92. The predicted molar refractivity (Wildman–Crippen MR) is 52.6 cm³/mol. The summed E-state index contributed by atoms with van der Waals surface area (Å²) in [6.07, 6.45) is -0.943. The first kappa shape index (κ1) is 10.2. The van der Waals surface area contributed by atoms with E-state index in [4.69, 9.17) is 5.11 Å². The number of rotatable bonds is 3. The van der Waals surface area contributed by atoms with Crippen molar-refractivity contribution in [1.29, 1.82) is 0 Å². The Kier molecular flexibility index (Phi) is 3.45. The van der Waals surface area contributed by atoms with Crippen LogP contribution in [0.15, 0.2) is 16.8 Å². The van der Waals surface area contributed by atoms with E-state index in [1.165, 1.54) is 6.92 Å². The first-order valence-electron chi connectivity index (χ1n) is 4.12. The molecular weight excluding hydrogens is 186 g/mol. The number of amides is 1. The van der Waals surface area contributed by atoms with Crippen molar-refractivity contribution >= 4 is 17.2 Å². The van der Waals surface area contributed by atoms with Gasteiger partial charge in [0.15, 0.2) is 0 Å². The molecule has 0 saturated heterocycles. The molecule has 72 valence electrons. The highest BCUT2D eigenvalue weighted by molar-refractivity contribution is 7.07. The number of carbonyl (C=O) groups is 1. The van der Waals surface area contributed by atoms with E-state index in [9.17, 15) is 4.79 Å². The van der Waals surface area contributed by atoms with Crippen LogP contribution in [0.1, 0.15) is 25.5 Å². The van der Waals surface area contributed by atoms with Crippen LogP contribution in [0.3, 0.4) is 0 Å². The molecule has 2 N–H and O–H groups in total. The molecule has 1 rings (SSSR count). The van der Waals surface area contributed by atoms with Gasteiger partial charge in [-0.15, -0.1) is 0 Å². The Morgan fingerprint density at radius 1 is 1.62 bits per heavy atom. The highest BCUT2D eigenvalue weighted by Gasteiger charge is 2.13. The Morgan fingerprint density at radius 2 is 2.31 bits per heavy atom. The van der Waals surface area contributed by atoms with Crippen LogP contribution >= 0.6 is 11.3 Å². The molecule has 0 aliphatic rings. The topological polar surface area (TPSA) is 49.3 Å². The molecule has 0 aliphatic carbocycles. The molecule has 4 heteroatoms. The van der Waals surface area contributed by atoms with Crippen LogP contribution in [0.5, 0.6) is 0 Å². The lowest BCUT2D eigenvalue weighted by Gasteiger charge is -2.13. The molecule has 0 bridgehead atoms. The number of nitrogens with one attached hydrogen (secondary N) is 1. The number of thiophene rings is 1. The van der Waals surface area contributed by atoms with E-state index in [1.807, 2.05) is 23.8 Å². The van der Waals surface area contributed by atoms with Crippen LogP contribution in [0, 0.1) is 0 Å². The summed E-state index contributed by atoms with van der Waals surface area (Å²) in [5.74, 6) is -0.335. The zero-order valence-corrected chi connectivity index (χ0v) is 8.47. The second kappa shape index (κ2) is 4.39. The predicted octanol–water partition coefficient (Wildman–Crippen LogP) is 1.31. The summed E-state index contributed by atoms with van der Waals surface area (Å²) in [5.41, 5.74) is 1.07. The van der Waals surface area contributed by atoms with Crippen LogP contribution in [-0.2, 0) is 4.79 Å². The van der Waals surface area contributed by atoms with Crippen molar-refractivity contribution in [3.05, 3.63) is 22.4 Å². The fourth-order valence-corrected chi connectivity index (χ4v) is 1.69. The first-order valence-corrected chi connectivity index (χ1v) is 5.06. The second-order valence-corrected chi connectivity index (χ2v) is 3.74. The van der Waals surface area contributed by atoms with Gasteiger partial charge in [0.05, 0.1) is 6.04 Å². The summed E-state index contributed by atoms with van der Waals surface area (Å²) in [4.78, 5) is 11.1. The van der Waals surface area contributed by atoms with Crippen LogP contribution in [0.4, 0.5) is 0 Å². The largest absolute Gasteiger partial charge is 0.384 e. The fraction of sp³-hybridized carbons (Fsp3) is 0.444. The summed E-state index contributed by atoms with van der Waals surface area (Å²) in [6.45, 7) is 3.35. The van der Waals surface area contributed by atoms with Crippen LogP contribution in [0.25, 0.3) is 0 Å². The number of hydrogen-bond donors (Lipinski definition) is 2. The molecule has 0 saturated carbocycles. The zero-order chi connectivity index (χ0) is 9.84. The minimum absolute atomic E-state index is 0.0339. The second-order valence-electron chi connectivity index (χ2n) is 2.96. The van der Waals surface area contributed by atoms with E-state index >= 15 is 0 Å². The summed E-state index contributed by atoms with van der Waals surface area (Å²) in [5, 5.41) is 15.6. The molecule has 1 aromatic rings. The van der Waals surface area contributed by atoms with Crippen LogP contribution in [0.2, 0.25) is 0 Å². The molecule has 0 aromatic carbocycles. The Balaban J connectivity index is 2.51. The van der Waals surface area contributed by atoms with Gasteiger partial charge in [-0.1, -0.05) is 0 Å². The molecule has 2 atom stereocenters. The normalized spacial score (nSPS) is 15.0. The van der Waals surface area contributed by atoms with Gasteiger partial charge in [-0.05, 0) is 36.2 Å². The van der Waals surface area contributed by atoms with Gasteiger partial charge in [0, 0.05) is 0 Å². The van der Waals surface area contributed by atoms with Gasteiger partial charge in [-0.2, -0.15) is 11.3 Å². The molecule has 0 radical (unpaired) electrons. The van der Waals surface area contributed by atoms with Crippen LogP contribution in [-0.4, -0.2) is 17.1 Å².